The van der Waals surface area contributed by atoms with E-state index in [9.17, 15) is 0 Å². The maximum absolute atomic E-state index is 4.03. The van der Waals surface area contributed by atoms with E-state index in [0.29, 0.717) is 0 Å². The van der Waals surface area contributed by atoms with Crippen molar-refractivity contribution in [1.29, 1.82) is 0 Å². The van der Waals surface area contributed by atoms with E-state index >= 15 is 0 Å². The van der Waals surface area contributed by atoms with Crippen LogP contribution in [0.3, 0.4) is 0 Å². The first kappa shape index (κ1) is 12.4. The molecule has 0 N–H and O–H groups in total. The van der Waals surface area contributed by atoms with Crippen molar-refractivity contribution in [3.05, 3.63) is 60.7 Å². The van der Waals surface area contributed by atoms with Gasteiger partial charge in [-0.2, -0.15) is 0 Å². The maximum atomic E-state index is 4.03. The second kappa shape index (κ2) is 1.42. The van der Waals surface area contributed by atoms with Gasteiger partial charge in [-0.05, 0) is 11.1 Å². The van der Waals surface area contributed by atoms with Gasteiger partial charge in [-0.3, -0.25) is 0 Å². The van der Waals surface area contributed by atoms with E-state index in [1.165, 1.54) is 54.5 Å². The summed E-state index contributed by atoms with van der Waals surface area (Å²) in [5.74, 6) is 0. The van der Waals surface area contributed by atoms with E-state index in [4.69, 9.17) is 0 Å². The van der Waals surface area contributed by atoms with E-state index in [2.05, 4.69) is 67.7 Å². The average Bonchev–Trinajstić information content (AvgIpc) is 3.58. The molecule has 2 aromatic rings. The third-order valence-corrected chi connectivity index (χ3v) is 65.4. The van der Waals surface area contributed by atoms with Crippen molar-refractivity contribution < 1.29 is 25.7 Å². The Kier molecular flexibility index (Phi) is 0.705. The Labute approximate surface area is 155 Å². The topological polar surface area (TPSA) is 0 Å². The first-order chi connectivity index (χ1) is 11.5. The fourth-order valence-corrected chi connectivity index (χ4v) is 102. The van der Waals surface area contributed by atoms with Crippen LogP contribution in [-0.2, 0) is 25.7 Å². The maximum Gasteiger partial charge on any atom is -0.0184 e. The number of rotatable bonds is 1. The Morgan fingerprint density at radius 2 is 0.960 bits per heavy atom. The molecule has 4 atom stereocenters. The van der Waals surface area contributed by atoms with Gasteiger partial charge in [0.05, 0.1) is 0 Å². The van der Waals surface area contributed by atoms with E-state index in [-0.39, 0.29) is 12.4 Å². The summed E-state index contributed by atoms with van der Waals surface area (Å²) in [7, 11) is 0. The quantitative estimate of drug-likeness (QED) is 0.384. The van der Waals surface area contributed by atoms with Gasteiger partial charge in [-0.15, -0.1) is 12.4 Å². The molecule has 0 amide bonds. The Morgan fingerprint density at radius 1 is 0.600 bits per heavy atom. The number of halogens is 1. The zero-order chi connectivity index (χ0) is 15.2. The van der Waals surface area contributed by atoms with Gasteiger partial charge in [0.1, 0.15) is 0 Å². The van der Waals surface area contributed by atoms with Crippen LogP contribution in [-0.4, -0.2) is 0 Å². The molecule has 12 rings (SSSR count). The van der Waals surface area contributed by atoms with Crippen molar-refractivity contribution in [2.75, 3.05) is 0 Å². The molecule has 0 aromatic heterocycles. The molecule has 10 aliphatic rings. The molecule has 3 heteroatoms. The molecule has 4 unspecified atom stereocenters. The average molecular weight is 482 g/mol. The normalized spacial score (nSPS) is 83.4. The minimum Gasteiger partial charge on any atom is -0.0622 e. The minimum absolute atomic E-state index is 0. The summed E-state index contributed by atoms with van der Waals surface area (Å²) < 4.78 is 1.04. The third kappa shape index (κ3) is 0.212. The van der Waals surface area contributed by atoms with Crippen LogP contribution in [0.25, 0.3) is 11.1 Å². The van der Waals surface area contributed by atoms with Gasteiger partial charge in [-0.25, -0.2) is 0 Å². The van der Waals surface area contributed by atoms with Crippen molar-refractivity contribution in [3.8, 4) is 11.1 Å². The molecular weight excluding hydrogens is 462 g/mol. The van der Waals surface area contributed by atoms with Crippen molar-refractivity contribution >= 4 is 12.4 Å². The standard InChI is InChI=1S/C12H10.C5H5.C5H4.ClH.Fe.Pd/c1-3-7-11(8-4-1)12-9-5-2-6-10-12;2*1-2-4-5-3-1;;;/h1-10H;1-5H;1-4H;1H;;. The number of benzene rings is 2. The molecule has 0 nitrogen and oxygen atoms in total. The summed E-state index contributed by atoms with van der Waals surface area (Å²) in [5, 5.41) is 0. The Morgan fingerprint density at radius 3 is 1.12 bits per heavy atom. The third-order valence-electron chi connectivity index (χ3n) is 16.3. The van der Waals surface area contributed by atoms with Crippen molar-refractivity contribution in [2.24, 2.45) is 0 Å². The monoisotopic (exact) mass is 481 g/mol. The van der Waals surface area contributed by atoms with Gasteiger partial charge in [0.25, 0.3) is 0 Å². The zero-order valence-corrected chi connectivity index (χ0v) is 17.0. The molecule has 0 bridgehead atoms. The fraction of sp³-hybridized carbons (Fsp3) is 0.455. The van der Waals surface area contributed by atoms with Gasteiger partial charge in [0.2, 0.25) is 0 Å². The van der Waals surface area contributed by atoms with Crippen LogP contribution in [0.4, 0.5) is 0 Å². The molecule has 10 aliphatic heterocycles. The van der Waals surface area contributed by atoms with E-state index in [1.54, 1.807) is 0 Å². The van der Waals surface area contributed by atoms with Crippen LogP contribution in [0.5, 0.6) is 0 Å². The second-order valence-electron chi connectivity index (χ2n) is 12.3. The molecule has 25 heavy (non-hydrogen) atoms. The molecule has 133 valence electrons. The van der Waals surface area contributed by atoms with E-state index < -0.39 is 6.51 Å². The van der Waals surface area contributed by atoms with Crippen LogP contribution < -0.4 is 0 Å². The van der Waals surface area contributed by atoms with Crippen molar-refractivity contribution in [1.82, 2.24) is 0 Å². The van der Waals surface area contributed by atoms with Crippen LogP contribution in [0.2, 0.25) is 46.1 Å². The fourth-order valence-electron chi connectivity index (χ4n) is 17.0. The number of hydrogen-bond acceptors (Lipinski definition) is 0. The molecule has 1 spiro atoms. The van der Waals surface area contributed by atoms with Crippen LogP contribution in [0.1, 0.15) is 0 Å². The predicted octanol–water partition coefficient (Wildman–Crippen LogP) is 7.03. The summed E-state index contributed by atoms with van der Waals surface area (Å²) in [6.45, 7) is -2.52. The summed E-state index contributed by atoms with van der Waals surface area (Å²) in [6, 6.07) is 20.8. The largest absolute Gasteiger partial charge is 0.0622 e. The summed E-state index contributed by atoms with van der Waals surface area (Å²) in [4.78, 5) is 13.6. The van der Waals surface area contributed by atoms with Crippen LogP contribution in [0, 0.1) is 0 Å². The predicted molar refractivity (Wildman–Crippen MR) is 95.6 cm³/mol. The van der Waals surface area contributed by atoms with E-state index in [1.807, 2.05) is 12.1 Å². The molecule has 0 saturated carbocycles. The minimum atomic E-state index is -2.52. The van der Waals surface area contributed by atoms with Gasteiger partial charge in [0.15, 0.2) is 0 Å². The summed E-state index contributed by atoms with van der Waals surface area (Å²) in [5.41, 5.74) is 2.55. The second-order valence-corrected chi connectivity index (χ2v) is 37.8. The van der Waals surface area contributed by atoms with Gasteiger partial charge in [-0.1, -0.05) is 60.7 Å². The Hall–Kier alpha value is -0.0882. The van der Waals surface area contributed by atoms with Gasteiger partial charge >= 0.3 is 71.8 Å². The number of fused-ring (bicyclic) bond motifs is 10. The number of hydrogen-bond donors (Lipinski definition) is 0. The first-order valence-electron chi connectivity index (χ1n) is 9.49. The van der Waals surface area contributed by atoms with Crippen molar-refractivity contribution in [3.63, 3.8) is 0 Å². The molecule has 10 heterocycles. The summed E-state index contributed by atoms with van der Waals surface area (Å²) in [6.07, 6.45) is 0. The Bertz CT molecular complexity index is 1270. The molecule has 0 aliphatic carbocycles. The smallest absolute Gasteiger partial charge is 0.0184 e. The SMILES string of the molecule is Cl.[Pd][C]12[CH]3[CH]4[CH]5[CH]1[Fe]45321678[CH]2[CH]1[CH]6[CH]7[CH]28.c1ccc(-c2ccccc2)cc1. The van der Waals surface area contributed by atoms with Gasteiger partial charge < -0.3 is 0 Å². The molecule has 10 fully saturated rings. The molecule has 10 saturated heterocycles. The first-order valence-corrected chi connectivity index (χ1v) is 16.6. The molecule has 2 aromatic carbocycles. The van der Waals surface area contributed by atoms with Crippen molar-refractivity contribution in [2.45, 2.75) is 46.1 Å². The Balaban J connectivity index is 0.0000000808. The van der Waals surface area contributed by atoms with Gasteiger partial charge in [0, 0.05) is 0 Å². The molecule has 0 radical (unpaired) electrons. The van der Waals surface area contributed by atoms with E-state index in [0.717, 1.165) is 2.79 Å². The molecular formula is C22H20ClFePd. The zero-order valence-electron chi connectivity index (χ0n) is 13.5. The van der Waals surface area contributed by atoms with Crippen LogP contribution in [0.15, 0.2) is 60.7 Å². The van der Waals surface area contributed by atoms with Crippen LogP contribution >= 0.6 is 12.4 Å². The summed E-state index contributed by atoms with van der Waals surface area (Å²) >= 11 is 4.03.